The zero-order chi connectivity index (χ0) is 14.2. The molecule has 126 valence electrons. The van der Waals surface area contributed by atoms with Gasteiger partial charge in [0.05, 0.1) is 5.69 Å². The molecule has 7 heteroatoms. The molecular formula is C15H25Cl2N3OS. The number of thioether (sulfide) groups is 1. The molecule has 0 saturated carbocycles. The third kappa shape index (κ3) is 6.73. The van der Waals surface area contributed by atoms with Crippen molar-refractivity contribution in [1.82, 2.24) is 9.88 Å². The second-order valence-corrected chi connectivity index (χ2v) is 6.20. The summed E-state index contributed by atoms with van der Waals surface area (Å²) in [6, 6.07) is 6.19. The monoisotopic (exact) mass is 365 g/mol. The minimum absolute atomic E-state index is 0. The fourth-order valence-corrected chi connectivity index (χ4v) is 3.38. The normalized spacial score (nSPS) is 17.3. The zero-order valence-electron chi connectivity index (χ0n) is 12.6. The molecule has 1 aliphatic rings. The molecule has 0 aliphatic carbocycles. The van der Waals surface area contributed by atoms with Gasteiger partial charge in [0.15, 0.2) is 0 Å². The molecule has 0 spiro atoms. The summed E-state index contributed by atoms with van der Waals surface area (Å²) in [5, 5.41) is 0. The highest BCUT2D eigenvalue weighted by molar-refractivity contribution is 7.98. The number of likely N-dealkylation sites (tertiary alicyclic amines) is 1. The van der Waals surface area contributed by atoms with Gasteiger partial charge in [0.2, 0.25) is 5.91 Å². The first-order chi connectivity index (χ1) is 9.81. The lowest BCUT2D eigenvalue weighted by molar-refractivity contribution is -0.134. The standard InChI is InChI=1S/C15H23N3OS.2ClH/c16-11-14-6-2-4-9-18(14)15(19)7-10-20-12-13-5-1-3-8-17-13;;/h1,3,5,8,14H,2,4,6-7,9-12,16H2;2*1H. The van der Waals surface area contributed by atoms with Crippen molar-refractivity contribution < 1.29 is 4.79 Å². The van der Waals surface area contributed by atoms with E-state index >= 15 is 0 Å². The second-order valence-electron chi connectivity index (χ2n) is 5.10. The lowest BCUT2D eigenvalue weighted by atomic mass is 10.0. The Labute approximate surface area is 149 Å². The molecule has 1 atom stereocenters. The minimum Gasteiger partial charge on any atom is -0.338 e. The first kappa shape index (κ1) is 21.5. The van der Waals surface area contributed by atoms with Crippen molar-refractivity contribution in [3.63, 3.8) is 0 Å². The average molecular weight is 366 g/mol. The molecule has 1 unspecified atom stereocenters. The Bertz CT molecular complexity index is 423. The van der Waals surface area contributed by atoms with Crippen LogP contribution in [0.4, 0.5) is 0 Å². The number of halogens is 2. The van der Waals surface area contributed by atoms with Gasteiger partial charge in [-0.25, -0.2) is 0 Å². The number of aromatic nitrogens is 1. The Morgan fingerprint density at radius 1 is 1.36 bits per heavy atom. The van der Waals surface area contributed by atoms with Crippen LogP contribution in [0, 0.1) is 0 Å². The smallest absolute Gasteiger partial charge is 0.223 e. The molecule has 2 heterocycles. The van der Waals surface area contributed by atoms with Crippen molar-refractivity contribution in [3.05, 3.63) is 30.1 Å². The number of piperidine rings is 1. The molecule has 0 radical (unpaired) electrons. The number of nitrogens with zero attached hydrogens (tertiary/aromatic N) is 2. The highest BCUT2D eigenvalue weighted by Crippen LogP contribution is 2.18. The van der Waals surface area contributed by atoms with E-state index < -0.39 is 0 Å². The molecule has 1 aromatic heterocycles. The van der Waals surface area contributed by atoms with Crippen LogP contribution < -0.4 is 5.73 Å². The molecule has 1 fully saturated rings. The lowest BCUT2D eigenvalue weighted by Gasteiger charge is -2.35. The van der Waals surface area contributed by atoms with Crippen LogP contribution in [0.3, 0.4) is 0 Å². The van der Waals surface area contributed by atoms with E-state index in [-0.39, 0.29) is 36.8 Å². The van der Waals surface area contributed by atoms with Crippen LogP contribution in [0.1, 0.15) is 31.4 Å². The molecule has 1 saturated heterocycles. The molecule has 0 bridgehead atoms. The third-order valence-corrected chi connectivity index (χ3v) is 4.65. The Balaban J connectivity index is 0.00000220. The van der Waals surface area contributed by atoms with E-state index in [1.807, 2.05) is 23.1 Å². The van der Waals surface area contributed by atoms with Crippen LogP contribution >= 0.6 is 36.6 Å². The summed E-state index contributed by atoms with van der Waals surface area (Å²) in [5.41, 5.74) is 6.83. The number of carbonyl (C=O) groups excluding carboxylic acids is 1. The SMILES string of the molecule is Cl.Cl.NCC1CCCCN1C(=O)CCSCc1ccccn1. The molecule has 1 aliphatic heterocycles. The summed E-state index contributed by atoms with van der Waals surface area (Å²) in [6.45, 7) is 1.47. The topological polar surface area (TPSA) is 59.2 Å². The van der Waals surface area contributed by atoms with Gasteiger partial charge in [-0.1, -0.05) is 6.07 Å². The van der Waals surface area contributed by atoms with E-state index in [4.69, 9.17) is 5.73 Å². The van der Waals surface area contributed by atoms with Gasteiger partial charge in [-0.2, -0.15) is 11.8 Å². The zero-order valence-corrected chi connectivity index (χ0v) is 15.1. The molecular weight excluding hydrogens is 341 g/mol. The number of amides is 1. The maximum absolute atomic E-state index is 12.2. The fraction of sp³-hybridized carbons (Fsp3) is 0.600. The Kier molecular flexibility index (Phi) is 11.7. The molecule has 1 aromatic rings. The van der Waals surface area contributed by atoms with Gasteiger partial charge in [0.1, 0.15) is 0 Å². The van der Waals surface area contributed by atoms with Gasteiger partial charge in [0, 0.05) is 43.3 Å². The maximum atomic E-state index is 12.2. The van der Waals surface area contributed by atoms with E-state index in [0.717, 1.165) is 36.6 Å². The fourth-order valence-electron chi connectivity index (χ4n) is 2.54. The molecule has 22 heavy (non-hydrogen) atoms. The first-order valence-corrected chi connectivity index (χ1v) is 8.44. The largest absolute Gasteiger partial charge is 0.338 e. The summed E-state index contributed by atoms with van der Waals surface area (Å²) < 4.78 is 0. The Hall–Kier alpha value is -0.490. The van der Waals surface area contributed by atoms with E-state index in [9.17, 15) is 4.79 Å². The molecule has 4 nitrogen and oxygen atoms in total. The van der Waals surface area contributed by atoms with Gasteiger partial charge in [-0.3, -0.25) is 9.78 Å². The summed E-state index contributed by atoms with van der Waals surface area (Å²) in [7, 11) is 0. The number of hydrogen-bond donors (Lipinski definition) is 1. The van der Waals surface area contributed by atoms with Gasteiger partial charge in [-0.15, -0.1) is 24.8 Å². The summed E-state index contributed by atoms with van der Waals surface area (Å²) >= 11 is 1.77. The number of pyridine rings is 1. The lowest BCUT2D eigenvalue weighted by Crippen LogP contribution is -2.47. The second kappa shape index (κ2) is 12.0. The summed E-state index contributed by atoms with van der Waals surface area (Å²) in [6.07, 6.45) is 5.78. The van der Waals surface area contributed by atoms with Crippen LogP contribution in [0.15, 0.2) is 24.4 Å². The minimum atomic E-state index is 0. The van der Waals surface area contributed by atoms with Gasteiger partial charge in [-0.05, 0) is 31.4 Å². The van der Waals surface area contributed by atoms with Crippen LogP contribution in [-0.2, 0) is 10.5 Å². The third-order valence-electron chi connectivity index (χ3n) is 3.66. The highest BCUT2D eigenvalue weighted by atomic mass is 35.5. The molecule has 1 amide bonds. The van der Waals surface area contributed by atoms with E-state index in [2.05, 4.69) is 4.98 Å². The maximum Gasteiger partial charge on any atom is 0.223 e. The predicted molar refractivity (Wildman–Crippen MR) is 97.9 cm³/mol. The van der Waals surface area contributed by atoms with E-state index in [0.29, 0.717) is 13.0 Å². The first-order valence-electron chi connectivity index (χ1n) is 7.28. The van der Waals surface area contributed by atoms with Crippen molar-refractivity contribution in [2.45, 2.75) is 37.5 Å². The van der Waals surface area contributed by atoms with Gasteiger partial charge >= 0.3 is 0 Å². The van der Waals surface area contributed by atoms with Crippen LogP contribution in [0.5, 0.6) is 0 Å². The van der Waals surface area contributed by atoms with Crippen molar-refractivity contribution >= 4 is 42.5 Å². The van der Waals surface area contributed by atoms with Crippen LogP contribution in [0.2, 0.25) is 0 Å². The van der Waals surface area contributed by atoms with Crippen molar-refractivity contribution in [1.29, 1.82) is 0 Å². The van der Waals surface area contributed by atoms with Crippen LogP contribution in [-0.4, -0.2) is 40.7 Å². The highest BCUT2D eigenvalue weighted by Gasteiger charge is 2.24. The van der Waals surface area contributed by atoms with E-state index in [1.165, 1.54) is 6.42 Å². The van der Waals surface area contributed by atoms with Crippen molar-refractivity contribution in [2.75, 3.05) is 18.8 Å². The predicted octanol–water partition coefficient (Wildman–Crippen LogP) is 2.89. The number of carbonyl (C=O) groups is 1. The number of rotatable bonds is 6. The van der Waals surface area contributed by atoms with Gasteiger partial charge < -0.3 is 10.6 Å². The molecule has 2 rings (SSSR count). The number of nitrogens with two attached hydrogens (primary N) is 1. The summed E-state index contributed by atoms with van der Waals surface area (Å²) in [4.78, 5) is 18.5. The Morgan fingerprint density at radius 3 is 2.86 bits per heavy atom. The van der Waals surface area contributed by atoms with Crippen molar-refractivity contribution in [2.24, 2.45) is 5.73 Å². The number of hydrogen-bond acceptors (Lipinski definition) is 4. The summed E-state index contributed by atoms with van der Waals surface area (Å²) in [5.74, 6) is 1.98. The van der Waals surface area contributed by atoms with Crippen molar-refractivity contribution in [3.8, 4) is 0 Å². The van der Waals surface area contributed by atoms with E-state index in [1.54, 1.807) is 18.0 Å². The average Bonchev–Trinajstić information content (AvgIpc) is 2.52. The van der Waals surface area contributed by atoms with Gasteiger partial charge in [0.25, 0.3) is 0 Å². The Morgan fingerprint density at radius 2 is 2.18 bits per heavy atom. The quantitative estimate of drug-likeness (QED) is 0.787. The van der Waals surface area contributed by atoms with Crippen LogP contribution in [0.25, 0.3) is 0 Å². The molecule has 2 N–H and O–H groups in total. The molecule has 0 aromatic carbocycles.